The van der Waals surface area contributed by atoms with Gasteiger partial charge in [-0.05, 0) is 49.6 Å². The summed E-state index contributed by atoms with van der Waals surface area (Å²) in [5.41, 5.74) is 7.01. The van der Waals surface area contributed by atoms with Crippen molar-refractivity contribution in [2.24, 2.45) is 10.7 Å². The number of nitrogens with zero attached hydrogens (tertiary/aromatic N) is 2. The van der Waals surface area contributed by atoms with Crippen molar-refractivity contribution in [3.05, 3.63) is 58.6 Å². The van der Waals surface area contributed by atoms with Crippen LogP contribution in [0.4, 0.5) is 18.9 Å². The van der Waals surface area contributed by atoms with Crippen molar-refractivity contribution in [2.45, 2.75) is 44.0 Å². The first-order valence-electron chi connectivity index (χ1n) is 9.88. The predicted octanol–water partition coefficient (Wildman–Crippen LogP) is 4.96. The zero-order valence-corrected chi connectivity index (χ0v) is 17.8. The second-order valence-electron chi connectivity index (χ2n) is 7.52. The molecule has 2 heterocycles. The molecule has 1 aromatic heterocycles. The molecule has 3 rings (SSSR count). The summed E-state index contributed by atoms with van der Waals surface area (Å²) in [6.07, 6.45) is 1.11. The Morgan fingerprint density at radius 3 is 2.80 bits per heavy atom. The molecule has 1 aliphatic rings. The quantitative estimate of drug-likeness (QED) is 0.558. The lowest BCUT2D eigenvalue weighted by Crippen LogP contribution is -2.32. The second kappa shape index (κ2) is 9.70. The van der Waals surface area contributed by atoms with Gasteiger partial charge in [-0.1, -0.05) is 19.9 Å². The fraction of sp³-hybridized carbons (Fsp3) is 0.429. The van der Waals surface area contributed by atoms with E-state index in [-0.39, 0.29) is 11.6 Å². The molecule has 4 N–H and O–H groups in total. The number of nitrogens with two attached hydrogens (primary N) is 1. The maximum absolute atomic E-state index is 13.1. The van der Waals surface area contributed by atoms with Crippen LogP contribution in [0.25, 0.3) is 0 Å². The van der Waals surface area contributed by atoms with Gasteiger partial charge in [-0.15, -0.1) is 11.8 Å². The van der Waals surface area contributed by atoms with Crippen molar-refractivity contribution in [1.82, 2.24) is 15.3 Å². The molecule has 1 atom stereocenters. The minimum atomic E-state index is -4.43. The largest absolute Gasteiger partial charge is 0.416 e. The summed E-state index contributed by atoms with van der Waals surface area (Å²) in [5, 5.41) is 4.25. The van der Waals surface area contributed by atoms with E-state index in [1.54, 1.807) is 24.0 Å². The highest BCUT2D eigenvalue weighted by atomic mass is 32.2. The summed E-state index contributed by atoms with van der Waals surface area (Å²) in [6.45, 7) is 5.93. The summed E-state index contributed by atoms with van der Waals surface area (Å²) in [5.74, 6) is 0.700. The van der Waals surface area contributed by atoms with Crippen LogP contribution >= 0.6 is 11.8 Å². The average molecular weight is 438 g/mol. The molecule has 162 valence electrons. The molecule has 0 radical (unpaired) electrons. The van der Waals surface area contributed by atoms with Crippen molar-refractivity contribution in [3.63, 3.8) is 0 Å². The Balaban J connectivity index is 1.94. The number of halogens is 3. The molecule has 1 saturated heterocycles. The van der Waals surface area contributed by atoms with Gasteiger partial charge in [0.15, 0.2) is 5.82 Å². The molecule has 2 aromatic rings. The smallest absolute Gasteiger partial charge is 0.393 e. The Bertz CT molecular complexity index is 911. The van der Waals surface area contributed by atoms with Gasteiger partial charge < -0.3 is 16.0 Å². The number of H-pyrrole nitrogens is 1. The van der Waals surface area contributed by atoms with Crippen molar-refractivity contribution in [1.29, 1.82) is 0 Å². The highest BCUT2D eigenvalue weighted by Gasteiger charge is 2.30. The van der Waals surface area contributed by atoms with Crippen molar-refractivity contribution >= 4 is 23.2 Å². The number of rotatable bonds is 6. The van der Waals surface area contributed by atoms with Crippen molar-refractivity contribution in [3.8, 4) is 0 Å². The maximum atomic E-state index is 13.1. The van der Waals surface area contributed by atoms with Gasteiger partial charge in [0.05, 0.1) is 16.3 Å². The Hall–Kier alpha value is -2.26. The summed E-state index contributed by atoms with van der Waals surface area (Å²) in [4.78, 5) is 12.0. The number of benzene rings is 1. The molecule has 0 amide bonds. The van der Waals surface area contributed by atoms with Crippen LogP contribution in [0.1, 0.15) is 49.7 Å². The van der Waals surface area contributed by atoms with Gasteiger partial charge in [-0.3, -0.25) is 0 Å². The summed E-state index contributed by atoms with van der Waals surface area (Å²) in [6, 6.07) is 4.92. The van der Waals surface area contributed by atoms with Gasteiger partial charge in [0.25, 0.3) is 0 Å². The van der Waals surface area contributed by atoms with Crippen LogP contribution in [0.5, 0.6) is 0 Å². The summed E-state index contributed by atoms with van der Waals surface area (Å²) >= 11 is 1.55. The van der Waals surface area contributed by atoms with Crippen LogP contribution in [0.3, 0.4) is 0 Å². The number of piperidine rings is 1. The average Bonchev–Trinajstić information content (AvgIpc) is 3.18. The SMILES string of the molecule is CC(C)c1cnc(C(/C=C(\N)SC2CCCNC2)=Nc2cccc(C(F)(F)F)c2)[nH]1. The first-order chi connectivity index (χ1) is 14.2. The normalized spacial score (nSPS) is 18.8. The van der Waals surface area contributed by atoms with E-state index < -0.39 is 11.7 Å². The molecule has 30 heavy (non-hydrogen) atoms. The summed E-state index contributed by atoms with van der Waals surface area (Å²) < 4.78 is 39.2. The number of alkyl halides is 3. The van der Waals surface area contributed by atoms with E-state index in [1.807, 2.05) is 13.8 Å². The Morgan fingerprint density at radius 1 is 1.37 bits per heavy atom. The topological polar surface area (TPSA) is 79.1 Å². The monoisotopic (exact) mass is 437 g/mol. The summed E-state index contributed by atoms with van der Waals surface area (Å²) in [7, 11) is 0. The van der Waals surface area contributed by atoms with Gasteiger partial charge in [0, 0.05) is 23.7 Å². The molecule has 1 aliphatic heterocycles. The molecule has 1 aromatic carbocycles. The maximum Gasteiger partial charge on any atom is 0.416 e. The number of hydrogen-bond acceptors (Lipinski definition) is 5. The van der Waals surface area contributed by atoms with E-state index in [9.17, 15) is 13.2 Å². The van der Waals surface area contributed by atoms with E-state index in [0.29, 0.717) is 21.8 Å². The van der Waals surface area contributed by atoms with Gasteiger partial charge in [0.1, 0.15) is 5.71 Å². The molecule has 0 aliphatic carbocycles. The Labute approximate surface area is 178 Å². The van der Waals surface area contributed by atoms with Crippen LogP contribution < -0.4 is 11.1 Å². The molecule has 0 saturated carbocycles. The number of allylic oxidation sites excluding steroid dienone is 1. The third-order valence-corrected chi connectivity index (χ3v) is 5.84. The zero-order chi connectivity index (χ0) is 21.7. The van der Waals surface area contributed by atoms with Gasteiger partial charge in [-0.25, -0.2) is 9.98 Å². The predicted molar refractivity (Wildman–Crippen MR) is 116 cm³/mol. The number of imidazole rings is 1. The highest BCUT2D eigenvalue weighted by Crippen LogP contribution is 2.32. The van der Waals surface area contributed by atoms with Gasteiger partial charge in [0.2, 0.25) is 0 Å². The first kappa shape index (κ1) is 22.4. The van der Waals surface area contributed by atoms with Crippen molar-refractivity contribution in [2.75, 3.05) is 13.1 Å². The van der Waals surface area contributed by atoms with Gasteiger partial charge >= 0.3 is 6.18 Å². The van der Waals surface area contributed by atoms with Crippen LogP contribution in [-0.2, 0) is 6.18 Å². The number of aromatic amines is 1. The lowest BCUT2D eigenvalue weighted by atomic mass is 10.2. The standard InChI is InChI=1S/C21H26F3N5S/c1-13(2)18-12-27-20(29-18)17(10-19(25)30-16-7-4-8-26-11-16)28-15-6-3-5-14(9-15)21(22,23)24/h3,5-6,9-10,12-13,16,26H,4,7-8,11,25H2,1-2H3,(H,27,29)/b19-10+,28-17?. The van der Waals surface area contributed by atoms with Crippen LogP contribution in [0.15, 0.2) is 46.6 Å². The number of aliphatic imine (C=N–C) groups is 1. The van der Waals surface area contributed by atoms with E-state index in [4.69, 9.17) is 5.73 Å². The van der Waals surface area contributed by atoms with E-state index in [1.165, 1.54) is 12.1 Å². The molecular formula is C21H26F3N5S. The number of aromatic nitrogens is 2. The molecular weight excluding hydrogens is 411 g/mol. The number of nitrogens with one attached hydrogen (secondary N) is 2. The molecule has 0 bridgehead atoms. The second-order valence-corrected chi connectivity index (χ2v) is 8.89. The lowest BCUT2D eigenvalue weighted by molar-refractivity contribution is -0.137. The van der Waals surface area contributed by atoms with Gasteiger partial charge in [-0.2, -0.15) is 13.2 Å². The fourth-order valence-electron chi connectivity index (χ4n) is 3.09. The number of thioether (sulfide) groups is 1. The Kier molecular flexibility index (Phi) is 7.25. The van der Waals surface area contributed by atoms with E-state index in [2.05, 4.69) is 20.3 Å². The van der Waals surface area contributed by atoms with E-state index >= 15 is 0 Å². The molecule has 1 fully saturated rings. The minimum Gasteiger partial charge on any atom is -0.393 e. The third-order valence-electron chi connectivity index (χ3n) is 4.72. The molecule has 9 heteroatoms. The molecule has 1 unspecified atom stereocenters. The lowest BCUT2D eigenvalue weighted by Gasteiger charge is -2.22. The van der Waals surface area contributed by atoms with E-state index in [0.717, 1.165) is 43.8 Å². The zero-order valence-electron chi connectivity index (χ0n) is 17.0. The molecule has 5 nitrogen and oxygen atoms in total. The number of hydrogen-bond donors (Lipinski definition) is 3. The van der Waals surface area contributed by atoms with Crippen LogP contribution in [0, 0.1) is 0 Å². The molecule has 0 spiro atoms. The third kappa shape index (κ3) is 6.12. The first-order valence-corrected chi connectivity index (χ1v) is 10.8. The Morgan fingerprint density at radius 2 is 2.17 bits per heavy atom. The minimum absolute atomic E-state index is 0.190. The van der Waals surface area contributed by atoms with Crippen molar-refractivity contribution < 1.29 is 13.2 Å². The fourth-order valence-corrected chi connectivity index (χ4v) is 4.14. The van der Waals surface area contributed by atoms with Crippen LogP contribution in [0.2, 0.25) is 0 Å². The highest BCUT2D eigenvalue weighted by molar-refractivity contribution is 8.03. The van der Waals surface area contributed by atoms with Crippen LogP contribution in [-0.4, -0.2) is 34.0 Å².